The van der Waals surface area contributed by atoms with Crippen molar-refractivity contribution >= 4 is 28.3 Å². The minimum Gasteiger partial charge on any atom is -0.489 e. The average molecular weight is 345 g/mol. The van der Waals surface area contributed by atoms with E-state index < -0.39 is 0 Å². The van der Waals surface area contributed by atoms with E-state index in [9.17, 15) is 0 Å². The predicted octanol–water partition coefficient (Wildman–Crippen LogP) is 4.22. The van der Waals surface area contributed by atoms with Crippen LogP contribution in [-0.2, 0) is 0 Å². The van der Waals surface area contributed by atoms with Gasteiger partial charge in [0, 0.05) is 5.69 Å². The molecule has 2 N–H and O–H groups in total. The number of benzene rings is 1. The number of hydrogen-bond donors (Lipinski definition) is 1. The summed E-state index contributed by atoms with van der Waals surface area (Å²) in [4.78, 5) is 0. The summed E-state index contributed by atoms with van der Waals surface area (Å²) in [6.45, 7) is 2.28. The second-order valence-electron chi connectivity index (χ2n) is 4.87. The minimum atomic E-state index is 0.394. The third kappa shape index (κ3) is 3.50. The van der Waals surface area contributed by atoms with Gasteiger partial charge in [0.15, 0.2) is 0 Å². The molecule has 0 bridgehead atoms. The number of halogens is 1. The fraction of sp³-hybridized carbons (Fsp3) is 0.571. The molecule has 0 spiro atoms. The molecule has 1 aliphatic carbocycles. The number of nitrogen functional groups attached to an aromatic ring is 1. The van der Waals surface area contributed by atoms with Crippen LogP contribution in [0.1, 0.15) is 39.0 Å². The lowest BCUT2D eigenvalue weighted by Gasteiger charge is -2.29. The lowest BCUT2D eigenvalue weighted by Crippen LogP contribution is -2.25. The van der Waals surface area contributed by atoms with E-state index in [2.05, 4.69) is 29.5 Å². The maximum atomic E-state index is 6.11. The summed E-state index contributed by atoms with van der Waals surface area (Å²) in [7, 11) is 0. The van der Waals surface area contributed by atoms with Crippen molar-refractivity contribution in [3.63, 3.8) is 0 Å². The third-order valence-corrected chi connectivity index (χ3v) is 4.40. The van der Waals surface area contributed by atoms with Crippen LogP contribution in [0.4, 0.5) is 5.69 Å². The van der Waals surface area contributed by atoms with Gasteiger partial charge in [-0.05, 0) is 66.0 Å². The van der Waals surface area contributed by atoms with Gasteiger partial charge in [0.2, 0.25) is 0 Å². The highest BCUT2D eigenvalue weighted by Gasteiger charge is 2.22. The first-order valence-electron chi connectivity index (χ1n) is 6.40. The van der Waals surface area contributed by atoms with Gasteiger partial charge in [-0.3, -0.25) is 0 Å². The smallest absolute Gasteiger partial charge is 0.133 e. The molecule has 1 aromatic carbocycles. The monoisotopic (exact) mass is 345 g/mol. The van der Waals surface area contributed by atoms with Crippen molar-refractivity contribution in [2.24, 2.45) is 5.92 Å². The molecule has 1 saturated carbocycles. The SMILES string of the molecule is CCC1CCCC(Oc2ccc(N)cc2I)C1. The van der Waals surface area contributed by atoms with Crippen molar-refractivity contribution in [1.82, 2.24) is 0 Å². The van der Waals surface area contributed by atoms with E-state index in [0.717, 1.165) is 20.9 Å². The van der Waals surface area contributed by atoms with Crippen molar-refractivity contribution in [2.45, 2.75) is 45.1 Å². The topological polar surface area (TPSA) is 35.2 Å². The van der Waals surface area contributed by atoms with Crippen LogP contribution in [0.15, 0.2) is 18.2 Å². The molecule has 0 aliphatic heterocycles. The maximum absolute atomic E-state index is 6.11. The molecule has 0 radical (unpaired) electrons. The molecule has 1 aromatic rings. The van der Waals surface area contributed by atoms with Crippen LogP contribution in [0, 0.1) is 9.49 Å². The summed E-state index contributed by atoms with van der Waals surface area (Å²) in [6.07, 6.45) is 6.74. The molecular weight excluding hydrogens is 325 g/mol. The van der Waals surface area contributed by atoms with Crippen LogP contribution in [-0.4, -0.2) is 6.10 Å². The number of anilines is 1. The molecule has 1 fully saturated rings. The normalized spacial score (nSPS) is 24.6. The molecule has 2 atom stereocenters. The van der Waals surface area contributed by atoms with Crippen molar-refractivity contribution < 1.29 is 4.74 Å². The van der Waals surface area contributed by atoms with E-state index in [-0.39, 0.29) is 0 Å². The van der Waals surface area contributed by atoms with Gasteiger partial charge in [-0.15, -0.1) is 0 Å². The first-order chi connectivity index (χ1) is 8.19. The van der Waals surface area contributed by atoms with E-state index >= 15 is 0 Å². The molecule has 1 aliphatic rings. The third-order valence-electron chi connectivity index (χ3n) is 3.56. The Morgan fingerprint density at radius 1 is 1.41 bits per heavy atom. The Labute approximate surface area is 117 Å². The van der Waals surface area contributed by atoms with E-state index in [1.54, 1.807) is 0 Å². The van der Waals surface area contributed by atoms with Gasteiger partial charge in [0.1, 0.15) is 5.75 Å². The minimum absolute atomic E-state index is 0.394. The van der Waals surface area contributed by atoms with Crippen LogP contribution >= 0.6 is 22.6 Å². The highest BCUT2D eigenvalue weighted by molar-refractivity contribution is 14.1. The molecule has 2 rings (SSSR count). The van der Waals surface area contributed by atoms with Crippen LogP contribution in [0.3, 0.4) is 0 Å². The van der Waals surface area contributed by atoms with Crippen molar-refractivity contribution in [3.05, 3.63) is 21.8 Å². The predicted molar refractivity (Wildman–Crippen MR) is 80.2 cm³/mol. The van der Waals surface area contributed by atoms with Gasteiger partial charge in [0.25, 0.3) is 0 Å². The molecule has 3 heteroatoms. The molecule has 0 aromatic heterocycles. The van der Waals surface area contributed by atoms with Crippen LogP contribution in [0.2, 0.25) is 0 Å². The second-order valence-corrected chi connectivity index (χ2v) is 6.03. The molecule has 2 nitrogen and oxygen atoms in total. The zero-order valence-corrected chi connectivity index (χ0v) is 12.4. The van der Waals surface area contributed by atoms with Gasteiger partial charge < -0.3 is 10.5 Å². The van der Waals surface area contributed by atoms with Gasteiger partial charge in [-0.1, -0.05) is 19.8 Å². The fourth-order valence-corrected chi connectivity index (χ4v) is 3.18. The summed E-state index contributed by atoms with van der Waals surface area (Å²) in [5.74, 6) is 1.83. The summed E-state index contributed by atoms with van der Waals surface area (Å²) in [5.41, 5.74) is 6.55. The summed E-state index contributed by atoms with van der Waals surface area (Å²) in [6, 6.07) is 5.88. The highest BCUT2D eigenvalue weighted by atomic mass is 127. The van der Waals surface area contributed by atoms with Crippen LogP contribution in [0.25, 0.3) is 0 Å². The van der Waals surface area contributed by atoms with E-state index in [1.165, 1.54) is 32.1 Å². The van der Waals surface area contributed by atoms with E-state index in [4.69, 9.17) is 10.5 Å². The zero-order valence-electron chi connectivity index (χ0n) is 10.3. The van der Waals surface area contributed by atoms with Crippen LogP contribution in [0.5, 0.6) is 5.75 Å². The molecule has 0 amide bonds. The first kappa shape index (κ1) is 13.0. The maximum Gasteiger partial charge on any atom is 0.133 e. The van der Waals surface area contributed by atoms with Crippen molar-refractivity contribution in [2.75, 3.05) is 5.73 Å². The Balaban J connectivity index is 2.00. The molecule has 0 heterocycles. The molecule has 17 heavy (non-hydrogen) atoms. The number of ether oxygens (including phenoxy) is 1. The Hall–Kier alpha value is -0.450. The van der Waals surface area contributed by atoms with Crippen LogP contribution < -0.4 is 10.5 Å². The lowest BCUT2D eigenvalue weighted by molar-refractivity contribution is 0.121. The van der Waals surface area contributed by atoms with Gasteiger partial charge in [0.05, 0.1) is 9.67 Å². The summed E-state index contributed by atoms with van der Waals surface area (Å²) < 4.78 is 7.22. The number of nitrogens with two attached hydrogens (primary N) is 1. The standard InChI is InChI=1S/C14H20INO/c1-2-10-4-3-5-12(8-10)17-14-7-6-11(16)9-13(14)15/h6-7,9-10,12H,2-5,8,16H2,1H3. The summed E-state index contributed by atoms with van der Waals surface area (Å²) >= 11 is 2.29. The lowest BCUT2D eigenvalue weighted by atomic mass is 9.85. The Bertz CT molecular complexity index is 380. The quantitative estimate of drug-likeness (QED) is 0.658. The molecule has 2 unspecified atom stereocenters. The van der Waals surface area contributed by atoms with E-state index in [1.807, 2.05) is 18.2 Å². The van der Waals surface area contributed by atoms with Crippen molar-refractivity contribution in [3.8, 4) is 5.75 Å². The van der Waals surface area contributed by atoms with Crippen molar-refractivity contribution in [1.29, 1.82) is 0 Å². The Morgan fingerprint density at radius 2 is 2.24 bits per heavy atom. The molecule has 94 valence electrons. The average Bonchev–Trinajstić information content (AvgIpc) is 2.33. The van der Waals surface area contributed by atoms with Gasteiger partial charge in [-0.25, -0.2) is 0 Å². The first-order valence-corrected chi connectivity index (χ1v) is 7.48. The Morgan fingerprint density at radius 3 is 2.94 bits per heavy atom. The van der Waals surface area contributed by atoms with Gasteiger partial charge in [-0.2, -0.15) is 0 Å². The zero-order chi connectivity index (χ0) is 12.3. The molecular formula is C14H20INO. The largest absolute Gasteiger partial charge is 0.489 e. The molecule has 0 saturated heterocycles. The summed E-state index contributed by atoms with van der Waals surface area (Å²) in [5, 5.41) is 0. The fourth-order valence-electron chi connectivity index (χ4n) is 2.51. The Kier molecular flexibility index (Phi) is 4.54. The van der Waals surface area contributed by atoms with Gasteiger partial charge >= 0.3 is 0 Å². The van der Waals surface area contributed by atoms with E-state index in [0.29, 0.717) is 6.10 Å². The number of hydrogen-bond acceptors (Lipinski definition) is 2. The number of rotatable bonds is 3. The highest BCUT2D eigenvalue weighted by Crippen LogP contribution is 2.31. The second kappa shape index (κ2) is 5.94.